The predicted octanol–water partition coefficient (Wildman–Crippen LogP) is 1.37. The Balaban J connectivity index is 1.65. The van der Waals surface area contributed by atoms with Crippen LogP contribution in [-0.2, 0) is 4.79 Å². The standard InChI is InChI=1S/C14H12N4O5/c19-13-8-17(14(20)16-13)15-7-11-5-6-12(23-11)9-1-3-10(4-2-9)18(21)22/h1,3-7,9H,2,8H2,(H,16,19,20)/b15-7+. The van der Waals surface area contributed by atoms with Crippen LogP contribution in [-0.4, -0.2) is 34.6 Å². The first kappa shape index (κ1) is 14.7. The fourth-order valence-corrected chi connectivity index (χ4v) is 2.24. The number of urea groups is 1. The van der Waals surface area contributed by atoms with Crippen molar-refractivity contribution in [3.63, 3.8) is 0 Å². The van der Waals surface area contributed by atoms with E-state index in [0.717, 1.165) is 5.01 Å². The lowest BCUT2D eigenvalue weighted by Crippen LogP contribution is -2.24. The van der Waals surface area contributed by atoms with Gasteiger partial charge in [-0.15, -0.1) is 0 Å². The maximum Gasteiger partial charge on any atom is 0.344 e. The Bertz CT molecular complexity index is 761. The van der Waals surface area contributed by atoms with E-state index < -0.39 is 16.9 Å². The van der Waals surface area contributed by atoms with E-state index in [1.165, 1.54) is 12.3 Å². The lowest BCUT2D eigenvalue weighted by molar-refractivity contribution is -0.419. The maximum absolute atomic E-state index is 11.3. The van der Waals surface area contributed by atoms with Crippen molar-refractivity contribution in [2.24, 2.45) is 5.10 Å². The average molecular weight is 316 g/mol. The Morgan fingerprint density at radius 3 is 2.87 bits per heavy atom. The highest BCUT2D eigenvalue weighted by Crippen LogP contribution is 2.28. The van der Waals surface area contributed by atoms with Gasteiger partial charge in [0.25, 0.3) is 5.70 Å². The molecule has 1 atom stereocenters. The van der Waals surface area contributed by atoms with E-state index >= 15 is 0 Å². The van der Waals surface area contributed by atoms with Crippen molar-refractivity contribution < 1.29 is 18.9 Å². The Labute approximate surface area is 130 Å². The smallest absolute Gasteiger partial charge is 0.344 e. The van der Waals surface area contributed by atoms with Crippen molar-refractivity contribution in [2.45, 2.75) is 12.3 Å². The van der Waals surface area contributed by atoms with E-state index in [0.29, 0.717) is 17.9 Å². The average Bonchev–Trinajstić information content (AvgIpc) is 3.11. The quantitative estimate of drug-likeness (QED) is 0.389. The summed E-state index contributed by atoms with van der Waals surface area (Å²) < 4.78 is 5.60. The summed E-state index contributed by atoms with van der Waals surface area (Å²) in [5.74, 6) is 0.568. The third kappa shape index (κ3) is 3.18. The molecule has 1 unspecified atom stereocenters. The van der Waals surface area contributed by atoms with Crippen LogP contribution in [0.1, 0.15) is 23.9 Å². The number of hydrogen-bond acceptors (Lipinski definition) is 6. The summed E-state index contributed by atoms with van der Waals surface area (Å²) >= 11 is 0. The van der Waals surface area contributed by atoms with Gasteiger partial charge in [0.05, 0.1) is 11.1 Å². The van der Waals surface area contributed by atoms with Gasteiger partial charge in [-0.3, -0.25) is 20.2 Å². The van der Waals surface area contributed by atoms with Crippen LogP contribution in [0.25, 0.3) is 0 Å². The number of hydrazone groups is 1. The molecule has 1 aromatic heterocycles. The number of nitro groups is 1. The van der Waals surface area contributed by atoms with Crippen molar-refractivity contribution in [2.75, 3.05) is 6.54 Å². The highest BCUT2D eigenvalue weighted by Gasteiger charge is 2.26. The largest absolute Gasteiger partial charge is 0.459 e. The second-order valence-electron chi connectivity index (χ2n) is 4.98. The van der Waals surface area contributed by atoms with Crippen LogP contribution in [0.5, 0.6) is 0 Å². The molecule has 118 valence electrons. The monoisotopic (exact) mass is 316 g/mol. The molecule has 0 bridgehead atoms. The maximum atomic E-state index is 11.3. The Morgan fingerprint density at radius 2 is 2.26 bits per heavy atom. The number of carbonyl (C=O) groups is 2. The molecule has 0 saturated carbocycles. The van der Waals surface area contributed by atoms with Gasteiger partial charge < -0.3 is 4.42 Å². The predicted molar refractivity (Wildman–Crippen MR) is 78.1 cm³/mol. The zero-order chi connectivity index (χ0) is 16.4. The third-order valence-electron chi connectivity index (χ3n) is 3.40. The molecule has 0 spiro atoms. The number of imide groups is 1. The highest BCUT2D eigenvalue weighted by molar-refractivity contribution is 6.02. The number of rotatable bonds is 4. The van der Waals surface area contributed by atoms with E-state index in [2.05, 4.69) is 10.4 Å². The Kier molecular flexibility index (Phi) is 3.75. The molecule has 1 aliphatic heterocycles. The van der Waals surface area contributed by atoms with Crippen LogP contribution in [0.4, 0.5) is 4.79 Å². The van der Waals surface area contributed by atoms with Crippen molar-refractivity contribution in [1.29, 1.82) is 0 Å². The summed E-state index contributed by atoms with van der Waals surface area (Å²) in [4.78, 5) is 32.6. The molecule has 3 rings (SSSR count). The van der Waals surface area contributed by atoms with E-state index in [1.54, 1.807) is 24.3 Å². The van der Waals surface area contributed by atoms with Gasteiger partial charge in [0, 0.05) is 12.0 Å². The van der Waals surface area contributed by atoms with E-state index in [-0.39, 0.29) is 18.2 Å². The van der Waals surface area contributed by atoms with Gasteiger partial charge in [-0.25, -0.2) is 9.80 Å². The molecule has 1 saturated heterocycles. The number of furan rings is 1. The number of carbonyl (C=O) groups excluding carboxylic acids is 2. The number of allylic oxidation sites excluding steroid dienone is 3. The van der Waals surface area contributed by atoms with Crippen LogP contribution in [0.15, 0.2) is 45.6 Å². The van der Waals surface area contributed by atoms with Gasteiger partial charge in [0.15, 0.2) is 0 Å². The second-order valence-corrected chi connectivity index (χ2v) is 4.98. The molecule has 1 aromatic rings. The van der Waals surface area contributed by atoms with Crippen LogP contribution >= 0.6 is 0 Å². The molecular formula is C14H12N4O5. The molecule has 23 heavy (non-hydrogen) atoms. The first-order chi connectivity index (χ1) is 11.0. The minimum atomic E-state index is -0.578. The summed E-state index contributed by atoms with van der Waals surface area (Å²) in [5, 5.41) is 17.6. The number of nitrogens with zero attached hydrogens (tertiary/aromatic N) is 3. The fraction of sp³-hybridized carbons (Fsp3) is 0.214. The van der Waals surface area contributed by atoms with Crippen molar-refractivity contribution in [3.05, 3.63) is 57.7 Å². The fourth-order valence-electron chi connectivity index (χ4n) is 2.24. The SMILES string of the molecule is O=C1CN(/N=C/c2ccc(C3C=CC([N+](=O)[O-])=CC3)o2)C(=O)N1. The van der Waals surface area contributed by atoms with Crippen molar-refractivity contribution in [1.82, 2.24) is 10.3 Å². The molecule has 1 fully saturated rings. The molecule has 9 heteroatoms. The van der Waals surface area contributed by atoms with Gasteiger partial charge >= 0.3 is 6.03 Å². The van der Waals surface area contributed by atoms with Crippen LogP contribution < -0.4 is 5.32 Å². The molecule has 0 radical (unpaired) electrons. The molecule has 2 heterocycles. The minimum absolute atomic E-state index is 0.0688. The lowest BCUT2D eigenvalue weighted by Gasteiger charge is -2.10. The highest BCUT2D eigenvalue weighted by atomic mass is 16.6. The lowest BCUT2D eigenvalue weighted by atomic mass is 9.97. The van der Waals surface area contributed by atoms with Gasteiger partial charge in [-0.2, -0.15) is 5.10 Å². The summed E-state index contributed by atoms with van der Waals surface area (Å²) in [7, 11) is 0. The molecule has 9 nitrogen and oxygen atoms in total. The molecule has 1 aliphatic carbocycles. The topological polar surface area (TPSA) is 118 Å². The van der Waals surface area contributed by atoms with Crippen molar-refractivity contribution >= 4 is 18.2 Å². The summed E-state index contributed by atoms with van der Waals surface area (Å²) in [6, 6.07) is 2.84. The molecule has 1 N–H and O–H groups in total. The van der Waals surface area contributed by atoms with Gasteiger partial charge in [-0.05, 0) is 24.6 Å². The zero-order valence-electron chi connectivity index (χ0n) is 11.8. The van der Waals surface area contributed by atoms with Crippen LogP contribution in [0, 0.1) is 10.1 Å². The Morgan fingerprint density at radius 1 is 1.43 bits per heavy atom. The zero-order valence-corrected chi connectivity index (χ0v) is 11.8. The number of nitrogens with one attached hydrogen (secondary N) is 1. The van der Waals surface area contributed by atoms with Gasteiger partial charge in [-0.1, -0.05) is 6.08 Å². The first-order valence-corrected chi connectivity index (χ1v) is 6.81. The summed E-state index contributed by atoms with van der Waals surface area (Å²) in [6.07, 6.45) is 6.52. The van der Waals surface area contributed by atoms with E-state index in [4.69, 9.17) is 4.42 Å². The second kappa shape index (κ2) is 5.87. The molecule has 2 aliphatic rings. The number of amides is 3. The van der Waals surface area contributed by atoms with Crippen LogP contribution in [0.3, 0.4) is 0 Å². The van der Waals surface area contributed by atoms with Crippen molar-refractivity contribution in [3.8, 4) is 0 Å². The van der Waals surface area contributed by atoms with E-state index in [1.807, 2.05) is 0 Å². The van der Waals surface area contributed by atoms with Gasteiger partial charge in [0.2, 0.25) is 5.91 Å². The molecular weight excluding hydrogens is 304 g/mol. The number of hydrogen-bond donors (Lipinski definition) is 1. The van der Waals surface area contributed by atoms with Gasteiger partial charge in [0.1, 0.15) is 18.1 Å². The third-order valence-corrected chi connectivity index (χ3v) is 3.40. The molecule has 3 amide bonds. The van der Waals surface area contributed by atoms with Crippen LogP contribution in [0.2, 0.25) is 0 Å². The minimum Gasteiger partial charge on any atom is -0.459 e. The first-order valence-electron chi connectivity index (χ1n) is 6.81. The Hall–Kier alpha value is -3.23. The summed E-state index contributed by atoms with van der Waals surface area (Å²) in [5.41, 5.74) is 0.0688. The molecule has 0 aromatic carbocycles. The van der Waals surface area contributed by atoms with E-state index in [9.17, 15) is 19.7 Å². The summed E-state index contributed by atoms with van der Waals surface area (Å²) in [6.45, 7) is -0.122. The normalized spacial score (nSPS) is 21.0.